The minimum atomic E-state index is -0.523. The van der Waals surface area contributed by atoms with E-state index < -0.39 is 11.7 Å². The quantitative estimate of drug-likeness (QED) is 0.649. The first-order valence-corrected chi connectivity index (χ1v) is 4.20. The third-order valence-corrected chi connectivity index (χ3v) is 1.47. The van der Waals surface area contributed by atoms with Crippen molar-refractivity contribution in [3.05, 3.63) is 17.7 Å². The first-order valence-electron chi connectivity index (χ1n) is 3.82. The van der Waals surface area contributed by atoms with E-state index in [-0.39, 0.29) is 5.28 Å². The van der Waals surface area contributed by atoms with Gasteiger partial charge in [0.25, 0.3) is 0 Å². The maximum absolute atomic E-state index is 11.4. The SMILES string of the molecule is CC(C)(C)OC(=O)n1ccnc1Cl. The lowest BCUT2D eigenvalue weighted by atomic mass is 10.2. The van der Waals surface area contributed by atoms with Crippen molar-refractivity contribution in [3.8, 4) is 0 Å². The van der Waals surface area contributed by atoms with Crippen LogP contribution in [0.25, 0.3) is 0 Å². The van der Waals surface area contributed by atoms with E-state index in [0.717, 1.165) is 4.57 Å². The Kier molecular flexibility index (Phi) is 2.61. The van der Waals surface area contributed by atoms with Crippen molar-refractivity contribution in [3.63, 3.8) is 0 Å². The third kappa shape index (κ3) is 2.73. The highest BCUT2D eigenvalue weighted by molar-refractivity contribution is 6.29. The zero-order valence-electron chi connectivity index (χ0n) is 7.74. The number of carbonyl (C=O) groups is 1. The van der Waals surface area contributed by atoms with E-state index >= 15 is 0 Å². The van der Waals surface area contributed by atoms with E-state index in [4.69, 9.17) is 16.3 Å². The van der Waals surface area contributed by atoms with Crippen molar-refractivity contribution in [2.75, 3.05) is 0 Å². The highest BCUT2D eigenvalue weighted by Gasteiger charge is 2.18. The van der Waals surface area contributed by atoms with Gasteiger partial charge in [-0.1, -0.05) is 0 Å². The number of imidazole rings is 1. The Bertz CT molecular complexity index is 314. The molecule has 0 radical (unpaired) electrons. The van der Waals surface area contributed by atoms with Gasteiger partial charge in [0.05, 0.1) is 0 Å². The van der Waals surface area contributed by atoms with Crippen LogP contribution < -0.4 is 0 Å². The molecule has 0 bridgehead atoms. The maximum Gasteiger partial charge on any atom is 0.420 e. The molecule has 5 heteroatoms. The summed E-state index contributed by atoms with van der Waals surface area (Å²) < 4.78 is 6.21. The van der Waals surface area contributed by atoms with E-state index in [2.05, 4.69) is 4.98 Å². The second-order valence-electron chi connectivity index (χ2n) is 3.55. The van der Waals surface area contributed by atoms with Crippen molar-refractivity contribution in [1.82, 2.24) is 9.55 Å². The van der Waals surface area contributed by atoms with E-state index in [9.17, 15) is 4.79 Å². The summed E-state index contributed by atoms with van der Waals surface area (Å²) in [6.07, 6.45) is 2.37. The predicted molar refractivity (Wildman–Crippen MR) is 48.9 cm³/mol. The lowest BCUT2D eigenvalue weighted by Gasteiger charge is -2.19. The van der Waals surface area contributed by atoms with Gasteiger partial charge in [-0.2, -0.15) is 0 Å². The van der Waals surface area contributed by atoms with Gasteiger partial charge in [0, 0.05) is 12.4 Å². The molecule has 0 aliphatic rings. The summed E-state index contributed by atoms with van der Waals surface area (Å²) >= 11 is 5.61. The third-order valence-electron chi connectivity index (χ3n) is 1.19. The molecule has 4 nitrogen and oxygen atoms in total. The van der Waals surface area contributed by atoms with Crippen molar-refractivity contribution in [1.29, 1.82) is 0 Å². The summed E-state index contributed by atoms with van der Waals surface area (Å²) in [5.74, 6) is 0. The van der Waals surface area contributed by atoms with Gasteiger partial charge in [-0.3, -0.25) is 0 Å². The number of ether oxygens (including phenoxy) is 1. The minimum Gasteiger partial charge on any atom is -0.443 e. The van der Waals surface area contributed by atoms with Crippen LogP contribution in [-0.2, 0) is 4.74 Å². The number of hydrogen-bond donors (Lipinski definition) is 0. The summed E-state index contributed by atoms with van der Waals surface area (Å²) in [4.78, 5) is 15.1. The Morgan fingerprint density at radius 3 is 2.62 bits per heavy atom. The molecule has 0 aromatic carbocycles. The molecule has 1 heterocycles. The van der Waals surface area contributed by atoms with Crippen LogP contribution in [0.2, 0.25) is 5.28 Å². The standard InChI is InChI=1S/C8H11ClN2O2/c1-8(2,3)13-7(12)11-5-4-10-6(11)9/h4-5H,1-3H3. The second-order valence-corrected chi connectivity index (χ2v) is 3.88. The molecule has 0 saturated carbocycles. The second kappa shape index (κ2) is 3.38. The fourth-order valence-corrected chi connectivity index (χ4v) is 0.914. The highest BCUT2D eigenvalue weighted by atomic mass is 35.5. The molecule has 1 aromatic rings. The molecule has 72 valence electrons. The first-order chi connectivity index (χ1) is 5.90. The number of nitrogens with zero attached hydrogens (tertiary/aromatic N) is 2. The average molecular weight is 203 g/mol. The summed E-state index contributed by atoms with van der Waals surface area (Å²) in [7, 11) is 0. The van der Waals surface area contributed by atoms with Gasteiger partial charge in [0.2, 0.25) is 5.28 Å². The normalized spacial score (nSPS) is 11.4. The van der Waals surface area contributed by atoms with Crippen LogP contribution in [0.15, 0.2) is 12.4 Å². The van der Waals surface area contributed by atoms with Crippen LogP contribution in [0.4, 0.5) is 4.79 Å². The Hall–Kier alpha value is -1.03. The van der Waals surface area contributed by atoms with Crippen LogP contribution in [0.3, 0.4) is 0 Å². The fourth-order valence-electron chi connectivity index (χ4n) is 0.733. The molecule has 0 atom stereocenters. The van der Waals surface area contributed by atoms with Gasteiger partial charge < -0.3 is 4.74 Å². The topological polar surface area (TPSA) is 44.1 Å². The molecule has 0 amide bonds. The Balaban J connectivity index is 2.76. The number of carbonyl (C=O) groups excluding carboxylic acids is 1. The predicted octanol–water partition coefficient (Wildman–Crippen LogP) is 2.32. The van der Waals surface area contributed by atoms with E-state index in [0.29, 0.717) is 0 Å². The molecular formula is C8H11ClN2O2. The van der Waals surface area contributed by atoms with Crippen molar-refractivity contribution in [2.45, 2.75) is 26.4 Å². The van der Waals surface area contributed by atoms with Crippen LogP contribution in [-0.4, -0.2) is 21.2 Å². The van der Waals surface area contributed by atoms with Gasteiger partial charge in [0.1, 0.15) is 5.60 Å². The van der Waals surface area contributed by atoms with Crippen molar-refractivity contribution >= 4 is 17.7 Å². The molecule has 0 spiro atoms. The van der Waals surface area contributed by atoms with Gasteiger partial charge in [-0.15, -0.1) is 0 Å². The molecule has 0 aliphatic heterocycles. The number of rotatable bonds is 0. The molecule has 0 unspecified atom stereocenters. The molecule has 0 fully saturated rings. The zero-order valence-corrected chi connectivity index (χ0v) is 8.50. The zero-order chi connectivity index (χ0) is 10.1. The van der Waals surface area contributed by atoms with Crippen LogP contribution in [0, 0.1) is 0 Å². The molecular weight excluding hydrogens is 192 g/mol. The first kappa shape index (κ1) is 10.1. The van der Waals surface area contributed by atoms with Gasteiger partial charge in [-0.25, -0.2) is 14.3 Å². The molecule has 1 aromatic heterocycles. The van der Waals surface area contributed by atoms with Crippen LogP contribution in [0.5, 0.6) is 0 Å². The van der Waals surface area contributed by atoms with Gasteiger partial charge in [0.15, 0.2) is 0 Å². The minimum absolute atomic E-state index is 0.106. The summed E-state index contributed by atoms with van der Waals surface area (Å²) in [5, 5.41) is 0.106. The average Bonchev–Trinajstić information content (AvgIpc) is 2.30. The van der Waals surface area contributed by atoms with Crippen molar-refractivity contribution < 1.29 is 9.53 Å². The summed E-state index contributed by atoms with van der Waals surface area (Å²) in [6, 6.07) is 0. The van der Waals surface area contributed by atoms with E-state index in [1.165, 1.54) is 12.4 Å². The van der Waals surface area contributed by atoms with Crippen LogP contribution in [0.1, 0.15) is 20.8 Å². The monoisotopic (exact) mass is 202 g/mol. The molecule has 0 aliphatic carbocycles. The maximum atomic E-state index is 11.4. The lowest BCUT2D eigenvalue weighted by Crippen LogP contribution is -2.26. The summed E-state index contributed by atoms with van der Waals surface area (Å²) in [5.41, 5.74) is -0.523. The van der Waals surface area contributed by atoms with E-state index in [1.807, 2.05) is 0 Å². The van der Waals surface area contributed by atoms with Gasteiger partial charge in [-0.05, 0) is 32.4 Å². The molecule has 13 heavy (non-hydrogen) atoms. The fraction of sp³-hybridized carbons (Fsp3) is 0.500. The number of aromatic nitrogens is 2. The molecule has 0 saturated heterocycles. The highest BCUT2D eigenvalue weighted by Crippen LogP contribution is 2.11. The molecule has 0 N–H and O–H groups in total. The Morgan fingerprint density at radius 2 is 2.23 bits per heavy atom. The van der Waals surface area contributed by atoms with Gasteiger partial charge >= 0.3 is 6.09 Å². The lowest BCUT2D eigenvalue weighted by molar-refractivity contribution is 0.0537. The molecule has 1 rings (SSSR count). The summed E-state index contributed by atoms with van der Waals surface area (Å²) in [6.45, 7) is 5.36. The Labute approximate surface area is 81.5 Å². The van der Waals surface area contributed by atoms with Crippen LogP contribution >= 0.6 is 11.6 Å². The largest absolute Gasteiger partial charge is 0.443 e. The van der Waals surface area contributed by atoms with Crippen molar-refractivity contribution in [2.24, 2.45) is 0 Å². The Morgan fingerprint density at radius 1 is 1.62 bits per heavy atom. The van der Waals surface area contributed by atoms with E-state index in [1.54, 1.807) is 20.8 Å². The number of halogens is 1. The smallest absolute Gasteiger partial charge is 0.420 e. The number of hydrogen-bond acceptors (Lipinski definition) is 3.